The van der Waals surface area contributed by atoms with Crippen LogP contribution < -0.4 is 0 Å². The van der Waals surface area contributed by atoms with Gasteiger partial charge in [-0.1, -0.05) is 61.5 Å². The number of aliphatic hydroxyl groups is 1. The molecule has 0 heterocycles. The van der Waals surface area contributed by atoms with Crippen molar-refractivity contribution in [3.8, 4) is 0 Å². The van der Waals surface area contributed by atoms with Gasteiger partial charge >= 0.3 is 5.97 Å². The van der Waals surface area contributed by atoms with E-state index in [1.807, 2.05) is 0 Å². The van der Waals surface area contributed by atoms with Gasteiger partial charge in [0.05, 0.1) is 11.5 Å². The van der Waals surface area contributed by atoms with Crippen molar-refractivity contribution in [3.63, 3.8) is 0 Å². The van der Waals surface area contributed by atoms with Crippen LogP contribution in [0.15, 0.2) is 11.6 Å². The fraction of sp³-hybridized carbons (Fsp3) is 0.903. The Hall–Kier alpha value is -0.830. The van der Waals surface area contributed by atoms with Crippen molar-refractivity contribution in [2.75, 3.05) is 0 Å². The maximum atomic E-state index is 13.6. The smallest absolute Gasteiger partial charge is 0.314 e. The van der Waals surface area contributed by atoms with Crippen molar-refractivity contribution in [2.45, 2.75) is 126 Å². The van der Waals surface area contributed by atoms with Crippen LogP contribution in [0.4, 0.5) is 0 Å². The van der Waals surface area contributed by atoms with Gasteiger partial charge in [0.2, 0.25) is 0 Å². The third-order valence-electron chi connectivity index (χ3n) is 13.5. The number of rotatable bonds is 1. The SMILES string of the molecule is CC1(C)CC[C@]2(C)CC[C@@]3(C(=O)O)C(=CCC4[C@@]5(C)CC[C@H](O)C(C)(C)C5CC[C@]43C)[C@]2(C)C1. The van der Waals surface area contributed by atoms with Crippen LogP contribution in [0.25, 0.3) is 0 Å². The molecule has 0 saturated heterocycles. The van der Waals surface area contributed by atoms with Crippen LogP contribution in [-0.2, 0) is 4.79 Å². The number of carboxylic acids is 1. The lowest BCUT2D eigenvalue weighted by Crippen LogP contribution is -2.68. The summed E-state index contributed by atoms with van der Waals surface area (Å²) in [6.45, 7) is 19.0. The average molecular weight is 471 g/mol. The second-order valence-corrected chi connectivity index (χ2v) is 15.7. The zero-order chi connectivity index (χ0) is 25.2. The molecule has 0 radical (unpaired) electrons. The largest absolute Gasteiger partial charge is 0.481 e. The van der Waals surface area contributed by atoms with E-state index >= 15 is 0 Å². The lowest BCUT2D eigenvalue weighted by molar-refractivity contribution is -0.219. The first kappa shape index (κ1) is 24.8. The third kappa shape index (κ3) is 2.72. The van der Waals surface area contributed by atoms with Gasteiger partial charge in [-0.15, -0.1) is 0 Å². The number of carbonyl (C=O) groups is 1. The molecule has 192 valence electrons. The van der Waals surface area contributed by atoms with Crippen LogP contribution in [0.1, 0.15) is 120 Å². The summed E-state index contributed by atoms with van der Waals surface area (Å²) in [6, 6.07) is 0. The van der Waals surface area contributed by atoms with E-state index in [9.17, 15) is 15.0 Å². The molecule has 5 aliphatic rings. The molecule has 5 rings (SSSR count). The molecule has 0 bridgehead atoms. The monoisotopic (exact) mass is 470 g/mol. The first-order chi connectivity index (χ1) is 15.5. The van der Waals surface area contributed by atoms with Crippen LogP contribution >= 0.6 is 0 Å². The van der Waals surface area contributed by atoms with Crippen LogP contribution in [0.3, 0.4) is 0 Å². The number of hydrogen-bond acceptors (Lipinski definition) is 2. The highest BCUT2D eigenvalue weighted by Gasteiger charge is 2.73. The van der Waals surface area contributed by atoms with Crippen molar-refractivity contribution in [2.24, 2.45) is 49.7 Å². The van der Waals surface area contributed by atoms with Crippen LogP contribution in [0, 0.1) is 49.7 Å². The van der Waals surface area contributed by atoms with Gasteiger partial charge in [0.1, 0.15) is 0 Å². The molecule has 0 spiro atoms. The Morgan fingerprint density at radius 3 is 2.15 bits per heavy atom. The van der Waals surface area contributed by atoms with E-state index in [1.165, 1.54) is 18.4 Å². The molecular formula is C31H50O3. The molecule has 2 N–H and O–H groups in total. The molecule has 0 aromatic rings. The zero-order valence-electron chi connectivity index (χ0n) is 23.2. The Labute approximate surface area is 208 Å². The maximum absolute atomic E-state index is 13.6. The minimum atomic E-state index is -0.758. The Balaban J connectivity index is 1.68. The number of fused-ring (bicyclic) bond motifs is 7. The predicted molar refractivity (Wildman–Crippen MR) is 137 cm³/mol. The van der Waals surface area contributed by atoms with Crippen molar-refractivity contribution in [3.05, 3.63) is 11.6 Å². The zero-order valence-corrected chi connectivity index (χ0v) is 23.2. The molecule has 0 aromatic heterocycles. The predicted octanol–water partition coefficient (Wildman–Crippen LogP) is 7.62. The van der Waals surface area contributed by atoms with E-state index in [0.29, 0.717) is 11.8 Å². The van der Waals surface area contributed by atoms with E-state index in [4.69, 9.17) is 0 Å². The summed E-state index contributed by atoms with van der Waals surface area (Å²) in [5.41, 5.74) is 0.650. The van der Waals surface area contributed by atoms with E-state index < -0.39 is 11.4 Å². The first-order valence-electron chi connectivity index (χ1n) is 14.1. The molecule has 3 heteroatoms. The van der Waals surface area contributed by atoms with Gasteiger partial charge in [-0.25, -0.2) is 0 Å². The fourth-order valence-corrected chi connectivity index (χ4v) is 11.3. The molecule has 5 aliphatic carbocycles. The lowest BCUT2D eigenvalue weighted by atomic mass is 9.31. The minimum Gasteiger partial charge on any atom is -0.481 e. The summed E-state index contributed by atoms with van der Waals surface area (Å²) in [6.07, 6.45) is 12.4. The van der Waals surface area contributed by atoms with Gasteiger partial charge in [0.25, 0.3) is 0 Å². The Kier molecular flexibility index (Phi) is 5.06. The van der Waals surface area contributed by atoms with Crippen LogP contribution in [0.5, 0.6) is 0 Å². The molecule has 3 nitrogen and oxygen atoms in total. The fourth-order valence-electron chi connectivity index (χ4n) is 11.3. The van der Waals surface area contributed by atoms with E-state index in [2.05, 4.69) is 61.5 Å². The molecule has 4 fully saturated rings. The standard InChI is InChI=1S/C31H50O3/c1-25(2)15-16-27(5)17-18-31(24(33)34)22(30(27,8)19-25)10-9-21-28(6)13-12-23(32)26(3,4)20(28)11-14-29(21,31)7/h10,20-21,23,32H,9,11-19H2,1-8H3,(H,33,34)/t20?,21?,23-,27+,28-,29+,30-,31-/m0/s1. The summed E-state index contributed by atoms with van der Waals surface area (Å²) >= 11 is 0. The number of carboxylic acid groups (broad SMARTS) is 1. The van der Waals surface area contributed by atoms with Gasteiger partial charge < -0.3 is 10.2 Å². The number of aliphatic carboxylic acids is 1. The van der Waals surface area contributed by atoms with Gasteiger partial charge in [0.15, 0.2) is 0 Å². The molecule has 4 saturated carbocycles. The summed E-state index contributed by atoms with van der Waals surface area (Å²) in [5, 5.41) is 22.1. The van der Waals surface area contributed by atoms with Crippen LogP contribution in [0.2, 0.25) is 0 Å². The molecule has 8 atom stereocenters. The second-order valence-electron chi connectivity index (χ2n) is 15.7. The number of hydrogen-bond donors (Lipinski definition) is 2. The third-order valence-corrected chi connectivity index (χ3v) is 13.5. The lowest BCUT2D eigenvalue weighted by Gasteiger charge is -2.72. The summed E-state index contributed by atoms with van der Waals surface area (Å²) in [5.74, 6) is 0.241. The normalized spacial score (nSPS) is 53.4. The minimum absolute atomic E-state index is 0.0564. The molecule has 0 amide bonds. The Morgan fingerprint density at radius 1 is 0.853 bits per heavy atom. The molecule has 0 aliphatic heterocycles. The van der Waals surface area contributed by atoms with Crippen LogP contribution in [-0.4, -0.2) is 22.3 Å². The van der Waals surface area contributed by atoms with Crippen molar-refractivity contribution in [1.82, 2.24) is 0 Å². The maximum Gasteiger partial charge on any atom is 0.314 e. The van der Waals surface area contributed by atoms with E-state index in [1.54, 1.807) is 0 Å². The van der Waals surface area contributed by atoms with E-state index in [0.717, 1.165) is 51.4 Å². The number of allylic oxidation sites excluding steroid dienone is 1. The van der Waals surface area contributed by atoms with Gasteiger partial charge in [-0.2, -0.15) is 0 Å². The van der Waals surface area contributed by atoms with Gasteiger partial charge in [-0.05, 0) is 114 Å². The Morgan fingerprint density at radius 2 is 1.50 bits per heavy atom. The topological polar surface area (TPSA) is 57.5 Å². The molecule has 0 aromatic carbocycles. The second kappa shape index (κ2) is 6.93. The van der Waals surface area contributed by atoms with Gasteiger partial charge in [0, 0.05) is 0 Å². The highest BCUT2D eigenvalue weighted by molar-refractivity contribution is 5.81. The highest BCUT2D eigenvalue weighted by atomic mass is 16.4. The summed E-state index contributed by atoms with van der Waals surface area (Å²) in [4.78, 5) is 13.6. The summed E-state index contributed by atoms with van der Waals surface area (Å²) in [7, 11) is 0. The van der Waals surface area contributed by atoms with Crippen molar-refractivity contribution in [1.29, 1.82) is 0 Å². The average Bonchev–Trinajstić information content (AvgIpc) is 2.71. The molecule has 2 unspecified atom stereocenters. The van der Waals surface area contributed by atoms with Crippen molar-refractivity contribution < 1.29 is 15.0 Å². The van der Waals surface area contributed by atoms with Gasteiger partial charge in [-0.3, -0.25) is 4.79 Å². The van der Waals surface area contributed by atoms with E-state index in [-0.39, 0.29) is 38.6 Å². The first-order valence-corrected chi connectivity index (χ1v) is 14.1. The molecular weight excluding hydrogens is 420 g/mol. The molecule has 34 heavy (non-hydrogen) atoms. The highest BCUT2D eigenvalue weighted by Crippen LogP contribution is 2.78. The number of aliphatic hydroxyl groups excluding tert-OH is 1. The Bertz CT molecular complexity index is 931. The summed E-state index contributed by atoms with van der Waals surface area (Å²) < 4.78 is 0. The van der Waals surface area contributed by atoms with Crippen molar-refractivity contribution >= 4 is 5.97 Å². The quantitative estimate of drug-likeness (QED) is 0.387.